The van der Waals surface area contributed by atoms with Crippen molar-refractivity contribution in [3.05, 3.63) is 0 Å². The van der Waals surface area contributed by atoms with E-state index in [9.17, 15) is 4.79 Å². The lowest BCUT2D eigenvalue weighted by Gasteiger charge is -2.33. The molecule has 1 amide bonds. The van der Waals surface area contributed by atoms with Crippen molar-refractivity contribution in [1.82, 2.24) is 4.90 Å². The average molecular weight is 222 g/mol. The Labute approximate surface area is 98.4 Å². The van der Waals surface area contributed by atoms with Crippen LogP contribution >= 0.6 is 0 Å². The van der Waals surface area contributed by atoms with Crippen LogP contribution in [0.1, 0.15) is 40.0 Å². The van der Waals surface area contributed by atoms with Crippen LogP contribution in [0.3, 0.4) is 0 Å². The van der Waals surface area contributed by atoms with Gasteiger partial charge in [0.1, 0.15) is 5.92 Å². The fourth-order valence-corrected chi connectivity index (χ4v) is 2.25. The molecule has 3 heteroatoms. The van der Waals surface area contributed by atoms with E-state index in [1.807, 2.05) is 18.7 Å². The zero-order valence-electron chi connectivity index (χ0n) is 10.6. The molecule has 0 bridgehead atoms. The Morgan fingerprint density at radius 2 is 2.00 bits per heavy atom. The monoisotopic (exact) mass is 222 g/mol. The molecule has 1 heterocycles. The maximum Gasteiger partial charge on any atom is 0.240 e. The number of amides is 1. The molecule has 0 aromatic rings. The van der Waals surface area contributed by atoms with Crippen molar-refractivity contribution in [3.63, 3.8) is 0 Å². The van der Waals surface area contributed by atoms with Gasteiger partial charge in [-0.05, 0) is 24.7 Å². The third-order valence-corrected chi connectivity index (χ3v) is 3.58. The van der Waals surface area contributed by atoms with Gasteiger partial charge in [0.05, 0.1) is 6.07 Å². The van der Waals surface area contributed by atoms with E-state index in [4.69, 9.17) is 5.26 Å². The predicted octanol–water partition coefficient (Wildman–Crippen LogP) is 2.43. The highest BCUT2D eigenvalue weighted by Crippen LogP contribution is 2.22. The van der Waals surface area contributed by atoms with Crippen molar-refractivity contribution in [3.8, 4) is 6.07 Å². The first-order valence-corrected chi connectivity index (χ1v) is 6.28. The number of likely N-dealkylation sites (tertiary alicyclic amines) is 1. The molecule has 0 aromatic heterocycles. The molecule has 16 heavy (non-hydrogen) atoms. The maximum atomic E-state index is 12.1. The van der Waals surface area contributed by atoms with Crippen LogP contribution in [0.25, 0.3) is 0 Å². The minimum atomic E-state index is -0.460. The second-order valence-corrected chi connectivity index (χ2v) is 5.03. The molecule has 1 rings (SSSR count). The number of rotatable bonds is 3. The lowest BCUT2D eigenvalue weighted by molar-refractivity contribution is -0.136. The van der Waals surface area contributed by atoms with E-state index in [0.29, 0.717) is 0 Å². The molecular weight excluding hydrogens is 200 g/mol. The summed E-state index contributed by atoms with van der Waals surface area (Å²) in [6.45, 7) is 7.74. The smallest absolute Gasteiger partial charge is 0.240 e. The molecule has 0 aliphatic carbocycles. The van der Waals surface area contributed by atoms with Crippen LogP contribution in [0, 0.1) is 29.1 Å². The predicted molar refractivity (Wildman–Crippen MR) is 63.5 cm³/mol. The molecule has 1 fully saturated rings. The Balaban J connectivity index is 2.53. The SMILES string of the molecule is CCC1CCN(C(=O)C(C#N)C(C)C)CC1. The number of carbonyl (C=O) groups is 1. The van der Waals surface area contributed by atoms with E-state index < -0.39 is 5.92 Å². The second-order valence-electron chi connectivity index (χ2n) is 5.03. The van der Waals surface area contributed by atoms with Crippen LogP contribution in [0.2, 0.25) is 0 Å². The molecule has 1 saturated heterocycles. The van der Waals surface area contributed by atoms with E-state index >= 15 is 0 Å². The highest BCUT2D eigenvalue weighted by molar-refractivity contribution is 5.81. The molecule has 1 unspecified atom stereocenters. The summed E-state index contributed by atoms with van der Waals surface area (Å²) < 4.78 is 0. The van der Waals surface area contributed by atoms with Crippen molar-refractivity contribution < 1.29 is 4.79 Å². The van der Waals surface area contributed by atoms with Gasteiger partial charge >= 0.3 is 0 Å². The molecule has 1 atom stereocenters. The van der Waals surface area contributed by atoms with Crippen molar-refractivity contribution in [2.75, 3.05) is 13.1 Å². The van der Waals surface area contributed by atoms with Crippen LogP contribution < -0.4 is 0 Å². The number of nitrogens with zero attached hydrogens (tertiary/aromatic N) is 2. The molecule has 90 valence electrons. The lowest BCUT2D eigenvalue weighted by atomic mass is 9.91. The van der Waals surface area contributed by atoms with E-state index in [1.54, 1.807) is 0 Å². The minimum Gasteiger partial charge on any atom is -0.342 e. The Kier molecular flexibility index (Phi) is 4.79. The van der Waals surface area contributed by atoms with Gasteiger partial charge in [0, 0.05) is 13.1 Å². The van der Waals surface area contributed by atoms with Gasteiger partial charge in [0.25, 0.3) is 0 Å². The summed E-state index contributed by atoms with van der Waals surface area (Å²) in [5.74, 6) is 0.454. The summed E-state index contributed by atoms with van der Waals surface area (Å²) in [5, 5.41) is 9.00. The second kappa shape index (κ2) is 5.89. The van der Waals surface area contributed by atoms with E-state index in [-0.39, 0.29) is 11.8 Å². The highest BCUT2D eigenvalue weighted by Gasteiger charge is 2.29. The van der Waals surface area contributed by atoms with Gasteiger partial charge in [-0.2, -0.15) is 5.26 Å². The van der Waals surface area contributed by atoms with Crippen molar-refractivity contribution in [1.29, 1.82) is 5.26 Å². The van der Waals surface area contributed by atoms with Crippen LogP contribution in [0.15, 0.2) is 0 Å². The van der Waals surface area contributed by atoms with Gasteiger partial charge in [-0.1, -0.05) is 27.2 Å². The molecule has 0 radical (unpaired) electrons. The zero-order chi connectivity index (χ0) is 12.1. The minimum absolute atomic E-state index is 0.0343. The number of piperidine rings is 1. The highest BCUT2D eigenvalue weighted by atomic mass is 16.2. The molecule has 0 spiro atoms. The fraction of sp³-hybridized carbons (Fsp3) is 0.846. The van der Waals surface area contributed by atoms with Gasteiger partial charge in [-0.3, -0.25) is 4.79 Å². The number of hydrogen-bond acceptors (Lipinski definition) is 2. The lowest BCUT2D eigenvalue weighted by Crippen LogP contribution is -2.42. The topological polar surface area (TPSA) is 44.1 Å². The quantitative estimate of drug-likeness (QED) is 0.736. The largest absolute Gasteiger partial charge is 0.342 e. The van der Waals surface area contributed by atoms with Crippen molar-refractivity contribution >= 4 is 5.91 Å². The first-order chi connectivity index (χ1) is 7.60. The van der Waals surface area contributed by atoms with Gasteiger partial charge in [-0.15, -0.1) is 0 Å². The van der Waals surface area contributed by atoms with Gasteiger partial charge in [0.15, 0.2) is 0 Å². The Bertz CT molecular complexity index is 272. The van der Waals surface area contributed by atoms with Gasteiger partial charge in [0.2, 0.25) is 5.91 Å². The van der Waals surface area contributed by atoms with Crippen molar-refractivity contribution in [2.24, 2.45) is 17.8 Å². The standard InChI is InChI=1S/C13H22N2O/c1-4-11-5-7-15(8-6-11)13(16)12(9-14)10(2)3/h10-12H,4-8H2,1-3H3. The van der Waals surface area contributed by atoms with E-state index in [0.717, 1.165) is 31.8 Å². The zero-order valence-corrected chi connectivity index (χ0v) is 10.6. The molecular formula is C13H22N2O. The Morgan fingerprint density at radius 1 is 1.44 bits per heavy atom. The normalized spacial score (nSPS) is 19.6. The van der Waals surface area contributed by atoms with Crippen LogP contribution in [0.5, 0.6) is 0 Å². The van der Waals surface area contributed by atoms with E-state index in [1.165, 1.54) is 6.42 Å². The summed E-state index contributed by atoms with van der Waals surface area (Å²) in [7, 11) is 0. The summed E-state index contributed by atoms with van der Waals surface area (Å²) in [5.41, 5.74) is 0. The summed E-state index contributed by atoms with van der Waals surface area (Å²) >= 11 is 0. The molecule has 0 aromatic carbocycles. The van der Waals surface area contributed by atoms with Crippen molar-refractivity contribution in [2.45, 2.75) is 40.0 Å². The number of hydrogen-bond donors (Lipinski definition) is 0. The molecule has 1 aliphatic rings. The number of nitriles is 1. The van der Waals surface area contributed by atoms with Gasteiger partial charge < -0.3 is 4.90 Å². The average Bonchev–Trinajstić information content (AvgIpc) is 2.29. The fourth-order valence-electron chi connectivity index (χ4n) is 2.25. The van der Waals surface area contributed by atoms with E-state index in [2.05, 4.69) is 13.0 Å². The molecule has 1 aliphatic heterocycles. The molecule has 3 nitrogen and oxygen atoms in total. The molecule has 0 N–H and O–H groups in total. The van der Waals surface area contributed by atoms with Crippen LogP contribution in [0.4, 0.5) is 0 Å². The van der Waals surface area contributed by atoms with Crippen LogP contribution in [-0.2, 0) is 4.79 Å². The maximum absolute atomic E-state index is 12.1. The van der Waals surface area contributed by atoms with Crippen LogP contribution in [-0.4, -0.2) is 23.9 Å². The summed E-state index contributed by atoms with van der Waals surface area (Å²) in [6.07, 6.45) is 3.39. The molecule has 0 saturated carbocycles. The third kappa shape index (κ3) is 2.98. The van der Waals surface area contributed by atoms with Gasteiger partial charge in [-0.25, -0.2) is 0 Å². The third-order valence-electron chi connectivity index (χ3n) is 3.58. The Morgan fingerprint density at radius 3 is 2.38 bits per heavy atom. The summed E-state index contributed by atoms with van der Waals surface area (Å²) in [6, 6.07) is 2.13. The number of carbonyl (C=O) groups excluding carboxylic acids is 1. The first kappa shape index (κ1) is 13.0. The Hall–Kier alpha value is -1.04. The first-order valence-electron chi connectivity index (χ1n) is 6.28. The summed E-state index contributed by atoms with van der Waals surface area (Å²) in [4.78, 5) is 13.9.